The van der Waals surface area contributed by atoms with E-state index >= 15 is 0 Å². The Kier molecular flexibility index (Phi) is 5.55. The molecule has 0 unspecified atom stereocenters. The van der Waals surface area contributed by atoms with Crippen LogP contribution in [0.5, 0.6) is 0 Å². The van der Waals surface area contributed by atoms with E-state index in [4.69, 9.17) is 11.6 Å². The molecule has 5 nitrogen and oxygen atoms in total. The molecule has 0 atom stereocenters. The van der Waals surface area contributed by atoms with E-state index in [2.05, 4.69) is 15.9 Å². The Bertz CT molecular complexity index is 906. The number of amides is 1. The summed E-state index contributed by atoms with van der Waals surface area (Å²) in [6.07, 6.45) is 0. The van der Waals surface area contributed by atoms with Crippen molar-refractivity contribution in [1.82, 2.24) is 9.21 Å². The van der Waals surface area contributed by atoms with E-state index in [1.54, 1.807) is 17.0 Å². The van der Waals surface area contributed by atoms with Crippen molar-refractivity contribution in [2.75, 3.05) is 26.2 Å². The molecule has 0 spiro atoms. The highest BCUT2D eigenvalue weighted by Crippen LogP contribution is 2.29. The van der Waals surface area contributed by atoms with Gasteiger partial charge in [0.2, 0.25) is 0 Å². The van der Waals surface area contributed by atoms with Crippen molar-refractivity contribution < 1.29 is 13.2 Å². The molecule has 1 aromatic heterocycles. The van der Waals surface area contributed by atoms with Crippen LogP contribution in [-0.4, -0.2) is 49.7 Å². The van der Waals surface area contributed by atoms with Gasteiger partial charge in [0.25, 0.3) is 15.9 Å². The van der Waals surface area contributed by atoms with Crippen molar-refractivity contribution in [3.63, 3.8) is 0 Å². The molecule has 2 aromatic rings. The van der Waals surface area contributed by atoms with Gasteiger partial charge in [-0.25, -0.2) is 8.42 Å². The van der Waals surface area contributed by atoms with Crippen LogP contribution in [0.15, 0.2) is 39.0 Å². The van der Waals surface area contributed by atoms with E-state index in [9.17, 15) is 13.2 Å². The molecule has 0 radical (unpaired) electrons. The number of halogens is 2. The lowest BCUT2D eigenvalue weighted by molar-refractivity contribution is 0.0697. The number of sulfonamides is 1. The number of nitrogens with zero attached hydrogens (tertiary/aromatic N) is 2. The van der Waals surface area contributed by atoms with Gasteiger partial charge in [-0.15, -0.1) is 11.3 Å². The van der Waals surface area contributed by atoms with E-state index in [1.807, 2.05) is 19.1 Å². The smallest absolute Gasteiger partial charge is 0.254 e. The van der Waals surface area contributed by atoms with Gasteiger partial charge in [-0.2, -0.15) is 4.31 Å². The number of rotatable bonds is 3. The van der Waals surface area contributed by atoms with Crippen molar-refractivity contribution >= 4 is 54.8 Å². The maximum Gasteiger partial charge on any atom is 0.254 e. The first-order valence-corrected chi connectivity index (χ1v) is 11.0. The predicted octanol–water partition coefficient (Wildman–Crippen LogP) is 3.62. The van der Waals surface area contributed by atoms with Gasteiger partial charge in [-0.05, 0) is 42.8 Å². The molecule has 25 heavy (non-hydrogen) atoms. The number of hydrogen-bond acceptors (Lipinski definition) is 4. The van der Waals surface area contributed by atoms with Crippen molar-refractivity contribution in [1.29, 1.82) is 0 Å². The largest absolute Gasteiger partial charge is 0.336 e. The van der Waals surface area contributed by atoms with Crippen molar-refractivity contribution in [2.24, 2.45) is 0 Å². The maximum atomic E-state index is 12.7. The maximum absolute atomic E-state index is 12.7. The number of piperazine rings is 1. The number of benzene rings is 1. The number of carbonyl (C=O) groups excluding carboxylic acids is 1. The summed E-state index contributed by atoms with van der Waals surface area (Å²) in [5.74, 6) is -0.0683. The fourth-order valence-corrected chi connectivity index (χ4v) is 6.27. The van der Waals surface area contributed by atoms with Gasteiger partial charge in [0.1, 0.15) is 4.21 Å². The Balaban J connectivity index is 1.70. The molecule has 134 valence electrons. The minimum atomic E-state index is -3.55. The Hall–Kier alpha value is -0.930. The van der Waals surface area contributed by atoms with Crippen LogP contribution in [0.4, 0.5) is 0 Å². The van der Waals surface area contributed by atoms with Crippen LogP contribution in [0.25, 0.3) is 0 Å². The zero-order valence-electron chi connectivity index (χ0n) is 13.4. The third kappa shape index (κ3) is 3.93. The summed E-state index contributed by atoms with van der Waals surface area (Å²) in [4.78, 5) is 14.4. The lowest BCUT2D eigenvalue weighted by Gasteiger charge is -2.34. The Morgan fingerprint density at radius 3 is 2.40 bits per heavy atom. The minimum absolute atomic E-state index is 0.0683. The minimum Gasteiger partial charge on any atom is -0.336 e. The second-order valence-corrected chi connectivity index (χ2v) is 10.5. The topological polar surface area (TPSA) is 57.7 Å². The van der Waals surface area contributed by atoms with E-state index in [0.29, 0.717) is 23.0 Å². The van der Waals surface area contributed by atoms with E-state index in [-0.39, 0.29) is 23.2 Å². The first-order valence-electron chi connectivity index (χ1n) is 7.60. The Morgan fingerprint density at radius 1 is 1.16 bits per heavy atom. The molecule has 1 aliphatic rings. The average molecular weight is 464 g/mol. The highest BCUT2D eigenvalue weighted by atomic mass is 79.9. The summed E-state index contributed by atoms with van der Waals surface area (Å²) < 4.78 is 28.2. The fourth-order valence-electron chi connectivity index (χ4n) is 2.73. The second-order valence-electron chi connectivity index (χ2n) is 5.71. The molecule has 9 heteroatoms. The molecule has 1 aromatic carbocycles. The summed E-state index contributed by atoms with van der Waals surface area (Å²) >= 11 is 10.3. The quantitative estimate of drug-likeness (QED) is 0.698. The van der Waals surface area contributed by atoms with Crippen molar-refractivity contribution in [2.45, 2.75) is 11.1 Å². The highest BCUT2D eigenvalue weighted by molar-refractivity contribution is 9.10. The first-order chi connectivity index (χ1) is 11.8. The lowest BCUT2D eigenvalue weighted by atomic mass is 10.1. The SMILES string of the molecule is Cc1cc(Br)ccc1C(=O)N1CCN(S(=O)(=O)c2ccc(Cl)s2)CC1. The lowest BCUT2D eigenvalue weighted by Crippen LogP contribution is -2.50. The molecule has 0 aliphatic carbocycles. The Morgan fingerprint density at radius 2 is 1.84 bits per heavy atom. The molecule has 2 heterocycles. The molecule has 0 saturated carbocycles. The summed E-state index contributed by atoms with van der Waals surface area (Å²) in [6.45, 7) is 3.18. The van der Waals surface area contributed by atoms with Crippen LogP contribution >= 0.6 is 38.9 Å². The Labute approximate surface area is 164 Å². The van der Waals surface area contributed by atoms with E-state index in [0.717, 1.165) is 21.4 Å². The molecule has 1 aliphatic heterocycles. The van der Waals surface area contributed by atoms with Crippen LogP contribution < -0.4 is 0 Å². The van der Waals surface area contributed by atoms with Crippen molar-refractivity contribution in [3.05, 3.63) is 50.3 Å². The number of carbonyl (C=O) groups is 1. The average Bonchev–Trinajstić information content (AvgIpc) is 3.02. The van der Waals surface area contributed by atoms with Crippen LogP contribution in [0.3, 0.4) is 0 Å². The number of thiophene rings is 1. The predicted molar refractivity (Wildman–Crippen MR) is 103 cm³/mol. The normalized spacial score (nSPS) is 16.2. The standard InChI is InChI=1S/C16H16BrClN2O3S2/c1-11-10-12(17)2-3-13(11)16(21)19-6-8-20(9-7-19)25(22,23)15-5-4-14(18)24-15/h2-5,10H,6-9H2,1H3. The second kappa shape index (κ2) is 7.36. The number of aryl methyl sites for hydroxylation is 1. The van der Waals surface area contributed by atoms with Crippen LogP contribution in [0, 0.1) is 6.92 Å². The van der Waals surface area contributed by atoms with Crippen LogP contribution in [0.1, 0.15) is 15.9 Å². The van der Waals surface area contributed by atoms with Gasteiger partial charge in [-0.1, -0.05) is 27.5 Å². The highest BCUT2D eigenvalue weighted by Gasteiger charge is 2.31. The molecule has 0 N–H and O–H groups in total. The summed E-state index contributed by atoms with van der Waals surface area (Å²) in [6, 6.07) is 8.62. The third-order valence-corrected chi connectivity index (χ3v) is 8.18. The molecular formula is C16H16BrClN2O3S2. The molecular weight excluding hydrogens is 448 g/mol. The van der Waals surface area contributed by atoms with E-state index in [1.165, 1.54) is 10.4 Å². The molecule has 1 fully saturated rings. The monoisotopic (exact) mass is 462 g/mol. The first kappa shape index (κ1) is 18.8. The summed E-state index contributed by atoms with van der Waals surface area (Å²) in [5, 5.41) is 0. The number of hydrogen-bond donors (Lipinski definition) is 0. The van der Waals surface area contributed by atoms with Gasteiger partial charge in [0, 0.05) is 36.2 Å². The van der Waals surface area contributed by atoms with Crippen LogP contribution in [0.2, 0.25) is 4.34 Å². The summed E-state index contributed by atoms with van der Waals surface area (Å²) in [7, 11) is -3.55. The molecule has 3 rings (SSSR count). The molecule has 0 bridgehead atoms. The van der Waals surface area contributed by atoms with Crippen LogP contribution in [-0.2, 0) is 10.0 Å². The summed E-state index contributed by atoms with van der Waals surface area (Å²) in [5.41, 5.74) is 1.53. The van der Waals surface area contributed by atoms with Gasteiger partial charge in [0.15, 0.2) is 0 Å². The van der Waals surface area contributed by atoms with Gasteiger partial charge >= 0.3 is 0 Å². The van der Waals surface area contributed by atoms with Gasteiger partial charge in [-0.3, -0.25) is 4.79 Å². The van der Waals surface area contributed by atoms with Crippen molar-refractivity contribution in [3.8, 4) is 0 Å². The molecule has 1 saturated heterocycles. The third-order valence-electron chi connectivity index (χ3n) is 4.09. The fraction of sp³-hybridized carbons (Fsp3) is 0.312. The zero-order chi connectivity index (χ0) is 18.2. The molecule has 1 amide bonds. The van der Waals surface area contributed by atoms with Gasteiger partial charge < -0.3 is 4.90 Å². The van der Waals surface area contributed by atoms with E-state index < -0.39 is 10.0 Å². The van der Waals surface area contributed by atoms with Gasteiger partial charge in [0.05, 0.1) is 4.34 Å². The zero-order valence-corrected chi connectivity index (χ0v) is 17.4.